The van der Waals surface area contributed by atoms with Crippen LogP contribution in [-0.2, 0) is 16.4 Å². The predicted octanol–water partition coefficient (Wildman–Crippen LogP) is 3.23. The van der Waals surface area contributed by atoms with Gasteiger partial charge >= 0.3 is 0 Å². The zero-order valence-electron chi connectivity index (χ0n) is 15.3. The van der Waals surface area contributed by atoms with Crippen LogP contribution in [-0.4, -0.2) is 47.5 Å². The minimum Gasteiger partial charge on any atom is -0.333 e. The molecule has 0 aliphatic carbocycles. The third-order valence-corrected chi connectivity index (χ3v) is 7.10. The molecule has 2 aromatic rings. The summed E-state index contributed by atoms with van der Waals surface area (Å²) in [5.41, 5.74) is 2.09. The van der Waals surface area contributed by atoms with Gasteiger partial charge in [-0.2, -0.15) is 5.10 Å². The largest absolute Gasteiger partial charge is 0.333 e. The van der Waals surface area contributed by atoms with Crippen molar-refractivity contribution in [1.29, 1.82) is 0 Å². The number of aryl methyl sites for hydroxylation is 1. The van der Waals surface area contributed by atoms with Gasteiger partial charge in [0.1, 0.15) is 15.5 Å². The van der Waals surface area contributed by atoms with E-state index in [9.17, 15) is 13.2 Å². The lowest BCUT2D eigenvalue weighted by Gasteiger charge is -2.27. The molecule has 2 heterocycles. The molecular formula is C19H24ClN3O3S. The molecule has 1 N–H and O–H groups in total. The molecule has 0 saturated carbocycles. The molecule has 1 aliphatic heterocycles. The van der Waals surface area contributed by atoms with Crippen molar-refractivity contribution in [3.8, 4) is 0 Å². The van der Waals surface area contributed by atoms with Crippen LogP contribution in [0.25, 0.3) is 0 Å². The number of carbonyl (C=O) groups is 1. The number of hydrogen-bond donors (Lipinski definition) is 1. The highest BCUT2D eigenvalue weighted by atomic mass is 35.5. The number of benzene rings is 1. The van der Waals surface area contributed by atoms with Crippen LogP contribution in [0.2, 0.25) is 5.02 Å². The number of H-pyrrole nitrogens is 1. The van der Waals surface area contributed by atoms with Crippen LogP contribution < -0.4 is 0 Å². The van der Waals surface area contributed by atoms with Crippen LogP contribution >= 0.6 is 11.6 Å². The molecule has 27 heavy (non-hydrogen) atoms. The Hall–Kier alpha value is -1.86. The topological polar surface area (TPSA) is 83.1 Å². The Labute approximate surface area is 164 Å². The number of hydrogen-bond acceptors (Lipinski definition) is 4. The van der Waals surface area contributed by atoms with Gasteiger partial charge in [0.25, 0.3) is 5.91 Å². The van der Waals surface area contributed by atoms with Gasteiger partial charge < -0.3 is 4.90 Å². The number of nitrogens with zero attached hydrogens (tertiary/aromatic N) is 2. The molecule has 0 spiro atoms. The third-order valence-electron chi connectivity index (χ3n) is 5.01. The van der Waals surface area contributed by atoms with Gasteiger partial charge in [-0.25, -0.2) is 8.42 Å². The summed E-state index contributed by atoms with van der Waals surface area (Å²) >= 11 is 6.28. The average molecular weight is 410 g/mol. The second-order valence-electron chi connectivity index (χ2n) is 7.14. The van der Waals surface area contributed by atoms with Crippen molar-refractivity contribution < 1.29 is 13.2 Å². The molecule has 8 heteroatoms. The zero-order valence-corrected chi connectivity index (χ0v) is 16.9. The predicted molar refractivity (Wildman–Crippen MR) is 106 cm³/mol. The fourth-order valence-electron chi connectivity index (χ4n) is 3.34. The summed E-state index contributed by atoms with van der Waals surface area (Å²) in [6.45, 7) is 2.79. The maximum Gasteiger partial charge on any atom is 0.274 e. The molecule has 1 fully saturated rings. The lowest BCUT2D eigenvalue weighted by atomic mass is 9.98. The van der Waals surface area contributed by atoms with Gasteiger partial charge in [-0.05, 0) is 49.8 Å². The van der Waals surface area contributed by atoms with Gasteiger partial charge in [0.15, 0.2) is 0 Å². The Morgan fingerprint density at radius 3 is 2.63 bits per heavy atom. The highest BCUT2D eigenvalue weighted by Crippen LogP contribution is 2.24. The molecule has 0 atom stereocenters. The first kappa shape index (κ1) is 19.9. The van der Waals surface area contributed by atoms with Crippen LogP contribution in [0.1, 0.15) is 41.0 Å². The van der Waals surface area contributed by atoms with Gasteiger partial charge in [-0.1, -0.05) is 29.8 Å². The van der Waals surface area contributed by atoms with E-state index in [-0.39, 0.29) is 17.4 Å². The van der Waals surface area contributed by atoms with Crippen molar-refractivity contribution in [3.63, 3.8) is 0 Å². The molecule has 1 saturated heterocycles. The van der Waals surface area contributed by atoms with E-state index in [0.717, 1.165) is 17.7 Å². The number of carbonyl (C=O) groups excluding carboxylic acids is 1. The Bertz CT molecular complexity index is 896. The summed E-state index contributed by atoms with van der Waals surface area (Å²) in [4.78, 5) is 14.7. The quantitative estimate of drug-likeness (QED) is 0.793. The van der Waals surface area contributed by atoms with E-state index < -0.39 is 9.84 Å². The van der Waals surface area contributed by atoms with Gasteiger partial charge in [-0.15, -0.1) is 0 Å². The van der Waals surface area contributed by atoms with Gasteiger partial charge in [0.05, 0.1) is 11.5 Å². The highest BCUT2D eigenvalue weighted by Gasteiger charge is 2.26. The second kappa shape index (κ2) is 8.44. The fraction of sp³-hybridized carbons (Fsp3) is 0.474. The molecule has 1 aromatic carbocycles. The first-order valence-electron chi connectivity index (χ1n) is 9.09. The van der Waals surface area contributed by atoms with Gasteiger partial charge in [0.2, 0.25) is 0 Å². The molecule has 6 nitrogen and oxygen atoms in total. The summed E-state index contributed by atoms with van der Waals surface area (Å²) in [6.07, 6.45) is 2.10. The van der Waals surface area contributed by atoms with Crippen molar-refractivity contribution in [1.82, 2.24) is 15.1 Å². The summed E-state index contributed by atoms with van der Waals surface area (Å²) in [5.74, 6) is 0.655. The first-order valence-corrected chi connectivity index (χ1v) is 11.3. The van der Waals surface area contributed by atoms with E-state index in [2.05, 4.69) is 10.2 Å². The third kappa shape index (κ3) is 5.32. The summed E-state index contributed by atoms with van der Waals surface area (Å²) in [5, 5.41) is 7.51. The second-order valence-corrected chi connectivity index (χ2v) is 9.85. The fourth-order valence-corrected chi connectivity index (χ4v) is 5.12. The smallest absolute Gasteiger partial charge is 0.274 e. The minimum atomic E-state index is -2.88. The Morgan fingerprint density at radius 2 is 2.00 bits per heavy atom. The maximum absolute atomic E-state index is 13.0. The number of nitrogens with one attached hydrogen (secondary N) is 1. The molecule has 146 valence electrons. The van der Waals surface area contributed by atoms with Crippen LogP contribution in [0, 0.1) is 12.8 Å². The number of sulfone groups is 1. The molecular weight excluding hydrogens is 386 g/mol. The minimum absolute atomic E-state index is 0.150. The highest BCUT2D eigenvalue weighted by molar-refractivity contribution is 7.91. The van der Waals surface area contributed by atoms with Crippen molar-refractivity contribution in [3.05, 3.63) is 52.3 Å². The van der Waals surface area contributed by atoms with E-state index >= 15 is 0 Å². The summed E-state index contributed by atoms with van der Waals surface area (Å²) < 4.78 is 23.2. The molecule has 0 bridgehead atoms. The summed E-state index contributed by atoms with van der Waals surface area (Å²) in [7, 11) is -2.88. The Balaban J connectivity index is 1.71. The number of halogens is 1. The number of rotatable bonds is 6. The van der Waals surface area contributed by atoms with Crippen LogP contribution in [0.3, 0.4) is 0 Å². The molecule has 1 amide bonds. The van der Waals surface area contributed by atoms with Crippen LogP contribution in [0.4, 0.5) is 0 Å². The Morgan fingerprint density at radius 1 is 1.30 bits per heavy atom. The van der Waals surface area contributed by atoms with E-state index in [0.29, 0.717) is 42.6 Å². The van der Waals surface area contributed by atoms with Crippen molar-refractivity contribution in [2.45, 2.75) is 32.7 Å². The lowest BCUT2D eigenvalue weighted by Crippen LogP contribution is -2.34. The first-order chi connectivity index (χ1) is 12.8. The normalized spacial score (nSPS) is 17.0. The van der Waals surface area contributed by atoms with Crippen molar-refractivity contribution in [2.75, 3.05) is 18.1 Å². The molecule has 1 aliphatic rings. The SMILES string of the molecule is Cc1cc(C(=O)N(CCC2CCS(=O)(=O)CC2)Cc2ccccc2Cl)n[nH]1. The van der Waals surface area contributed by atoms with E-state index in [1.165, 1.54) is 0 Å². The number of aromatic amines is 1. The standard InChI is InChI=1S/C19H24ClN3O3S/c1-14-12-18(22-21-14)19(24)23(13-16-4-2-3-5-17(16)20)9-6-15-7-10-27(25,26)11-8-15/h2-5,12,15H,6-11,13H2,1H3,(H,21,22). The van der Waals surface area contributed by atoms with Crippen molar-refractivity contribution >= 4 is 27.3 Å². The zero-order chi connectivity index (χ0) is 19.4. The number of aromatic nitrogens is 2. The molecule has 0 unspecified atom stereocenters. The molecule has 3 rings (SSSR count). The lowest BCUT2D eigenvalue weighted by molar-refractivity contribution is 0.0725. The van der Waals surface area contributed by atoms with Crippen LogP contribution in [0.5, 0.6) is 0 Å². The van der Waals surface area contributed by atoms with Gasteiger partial charge in [0, 0.05) is 23.8 Å². The van der Waals surface area contributed by atoms with E-state index in [1.54, 1.807) is 11.0 Å². The van der Waals surface area contributed by atoms with Crippen molar-refractivity contribution in [2.24, 2.45) is 5.92 Å². The Kier molecular flexibility index (Phi) is 6.22. The van der Waals surface area contributed by atoms with E-state index in [1.807, 2.05) is 31.2 Å². The molecule has 0 radical (unpaired) electrons. The van der Waals surface area contributed by atoms with Crippen LogP contribution in [0.15, 0.2) is 30.3 Å². The van der Waals surface area contributed by atoms with Gasteiger partial charge in [-0.3, -0.25) is 9.89 Å². The average Bonchev–Trinajstić information content (AvgIpc) is 3.07. The number of amides is 1. The maximum atomic E-state index is 13.0. The summed E-state index contributed by atoms with van der Waals surface area (Å²) in [6, 6.07) is 9.21. The monoisotopic (exact) mass is 409 g/mol. The molecule has 1 aromatic heterocycles. The van der Waals surface area contributed by atoms with E-state index in [4.69, 9.17) is 11.6 Å².